The van der Waals surface area contributed by atoms with E-state index in [1.807, 2.05) is 24.3 Å². The van der Waals surface area contributed by atoms with E-state index in [2.05, 4.69) is 10.3 Å². The topological polar surface area (TPSA) is 103 Å². The van der Waals surface area contributed by atoms with Crippen molar-refractivity contribution >= 4 is 15.9 Å². The van der Waals surface area contributed by atoms with Gasteiger partial charge in [0.15, 0.2) is 0 Å². The van der Waals surface area contributed by atoms with Gasteiger partial charge in [-0.3, -0.25) is 4.79 Å². The van der Waals surface area contributed by atoms with Crippen molar-refractivity contribution in [1.29, 1.82) is 0 Å². The molecular weight excluding hydrogens is 432 g/mol. The second kappa shape index (κ2) is 9.51. The van der Waals surface area contributed by atoms with E-state index in [1.54, 1.807) is 42.1 Å². The van der Waals surface area contributed by atoms with Gasteiger partial charge in [-0.15, -0.1) is 0 Å². The number of aromatic nitrogens is 2. The molecule has 1 N–H and O–H groups in total. The maximum absolute atomic E-state index is 12.7. The molecule has 0 atom stereocenters. The first-order valence-corrected chi connectivity index (χ1v) is 11.5. The molecule has 4 rings (SSSR count). The summed E-state index contributed by atoms with van der Waals surface area (Å²) in [6.45, 7) is 1.86. The van der Waals surface area contributed by atoms with E-state index in [9.17, 15) is 13.2 Å². The summed E-state index contributed by atoms with van der Waals surface area (Å²) in [6.07, 6.45) is 3.13. The Kier molecular flexibility index (Phi) is 6.54. The second-order valence-corrected chi connectivity index (χ2v) is 9.15. The molecule has 0 unspecified atom stereocenters. The highest BCUT2D eigenvalue weighted by Gasteiger charge is 2.26. The monoisotopic (exact) mass is 456 g/mol. The fourth-order valence-electron chi connectivity index (χ4n) is 3.32. The number of hydrogen-bond acceptors (Lipinski definition) is 6. The molecule has 1 aliphatic rings. The van der Waals surface area contributed by atoms with Crippen LogP contribution >= 0.6 is 0 Å². The van der Waals surface area contributed by atoms with Crippen LogP contribution < -0.4 is 10.1 Å². The molecule has 0 spiro atoms. The van der Waals surface area contributed by atoms with Crippen molar-refractivity contribution in [3.63, 3.8) is 0 Å². The fraction of sp³-hybridized carbons (Fsp3) is 0.273. The number of ether oxygens (including phenoxy) is 2. The molecule has 1 aromatic heterocycles. The van der Waals surface area contributed by atoms with E-state index in [-0.39, 0.29) is 16.5 Å². The molecule has 1 fully saturated rings. The molecule has 0 bridgehead atoms. The van der Waals surface area contributed by atoms with Gasteiger partial charge in [-0.1, -0.05) is 12.1 Å². The lowest BCUT2D eigenvalue weighted by Gasteiger charge is -2.26. The molecule has 0 aliphatic carbocycles. The minimum Gasteiger partial charge on any atom is -0.497 e. The lowest BCUT2D eigenvalue weighted by molar-refractivity contribution is 0.0730. The molecule has 2 aromatic carbocycles. The molecule has 0 saturated carbocycles. The highest BCUT2D eigenvalue weighted by molar-refractivity contribution is 7.89. The summed E-state index contributed by atoms with van der Waals surface area (Å²) in [4.78, 5) is 16.8. The Hall–Kier alpha value is -3.21. The minimum absolute atomic E-state index is 0.223. The van der Waals surface area contributed by atoms with Gasteiger partial charge < -0.3 is 19.4 Å². The summed E-state index contributed by atoms with van der Waals surface area (Å²) < 4.78 is 38.9. The first-order chi connectivity index (χ1) is 15.5. The van der Waals surface area contributed by atoms with Gasteiger partial charge in [0.25, 0.3) is 5.91 Å². The van der Waals surface area contributed by atoms with E-state index < -0.39 is 10.0 Å². The Morgan fingerprint density at radius 1 is 1.09 bits per heavy atom. The molecule has 3 aromatic rings. The van der Waals surface area contributed by atoms with Crippen molar-refractivity contribution < 1.29 is 22.7 Å². The maximum Gasteiger partial charge on any atom is 0.271 e. The van der Waals surface area contributed by atoms with E-state index in [0.717, 1.165) is 11.3 Å². The van der Waals surface area contributed by atoms with Crippen LogP contribution in [0.25, 0.3) is 5.69 Å². The lowest BCUT2D eigenvalue weighted by atomic mass is 10.2. The molecule has 168 valence electrons. The summed E-state index contributed by atoms with van der Waals surface area (Å²) in [5.41, 5.74) is 1.91. The number of sulfonamides is 1. The Morgan fingerprint density at radius 2 is 1.78 bits per heavy atom. The molecular formula is C22H24N4O5S. The van der Waals surface area contributed by atoms with Crippen LogP contribution in [0.4, 0.5) is 0 Å². The molecule has 0 radical (unpaired) electrons. The molecule has 10 heteroatoms. The van der Waals surface area contributed by atoms with Crippen LogP contribution in [-0.2, 0) is 21.3 Å². The quantitative estimate of drug-likeness (QED) is 0.582. The number of morpholine rings is 1. The summed E-state index contributed by atoms with van der Waals surface area (Å²) in [5.74, 6) is 0.452. The summed E-state index contributed by atoms with van der Waals surface area (Å²) in [5, 5.41) is 2.83. The van der Waals surface area contributed by atoms with E-state index in [1.165, 1.54) is 10.6 Å². The number of carbonyl (C=O) groups excluding carboxylic acids is 1. The van der Waals surface area contributed by atoms with Crippen LogP contribution in [-0.4, -0.2) is 61.6 Å². The Morgan fingerprint density at radius 3 is 2.44 bits per heavy atom. The number of nitrogens with zero attached hydrogens (tertiary/aromatic N) is 3. The number of methoxy groups -OCH3 is 1. The number of amides is 1. The van der Waals surface area contributed by atoms with Crippen LogP contribution in [0.15, 0.2) is 66.0 Å². The summed E-state index contributed by atoms with van der Waals surface area (Å²) >= 11 is 0. The molecule has 32 heavy (non-hydrogen) atoms. The first-order valence-electron chi connectivity index (χ1n) is 10.1. The van der Waals surface area contributed by atoms with Crippen LogP contribution in [0.1, 0.15) is 16.1 Å². The molecule has 1 saturated heterocycles. The standard InChI is InChI=1S/C22H24N4O5S/c1-30-19-6-2-17(3-7-19)14-23-22(27)21-15-25(16-24-21)18-4-8-20(9-5-18)32(28,29)26-10-12-31-13-11-26/h2-9,15-16H,10-14H2,1H3,(H,23,27). The predicted molar refractivity (Wildman–Crippen MR) is 117 cm³/mol. The molecule has 1 aliphatic heterocycles. The van der Waals surface area contributed by atoms with Gasteiger partial charge in [0, 0.05) is 31.5 Å². The van der Waals surface area contributed by atoms with Crippen molar-refractivity contribution in [2.45, 2.75) is 11.4 Å². The third-order valence-electron chi connectivity index (χ3n) is 5.17. The van der Waals surface area contributed by atoms with Crippen molar-refractivity contribution in [3.8, 4) is 11.4 Å². The SMILES string of the molecule is COc1ccc(CNC(=O)c2cn(-c3ccc(S(=O)(=O)N4CCOCC4)cc3)cn2)cc1. The zero-order valence-electron chi connectivity index (χ0n) is 17.6. The van der Waals surface area contributed by atoms with Crippen molar-refractivity contribution in [2.24, 2.45) is 0 Å². The predicted octanol–water partition coefficient (Wildman–Crippen LogP) is 1.83. The number of benzene rings is 2. The van der Waals surface area contributed by atoms with Gasteiger partial charge in [-0.2, -0.15) is 4.31 Å². The first kappa shape index (κ1) is 22.0. The fourth-order valence-corrected chi connectivity index (χ4v) is 4.73. The highest BCUT2D eigenvalue weighted by Crippen LogP contribution is 2.19. The van der Waals surface area contributed by atoms with Gasteiger partial charge in [-0.25, -0.2) is 13.4 Å². The number of nitrogens with one attached hydrogen (secondary N) is 1. The average molecular weight is 457 g/mol. The van der Waals surface area contributed by atoms with Gasteiger partial charge in [0.1, 0.15) is 17.8 Å². The molecule has 9 nitrogen and oxygen atoms in total. The van der Waals surface area contributed by atoms with Gasteiger partial charge >= 0.3 is 0 Å². The Bertz CT molecular complexity index is 1170. The zero-order chi connectivity index (χ0) is 22.6. The average Bonchev–Trinajstić information content (AvgIpc) is 3.34. The van der Waals surface area contributed by atoms with Gasteiger partial charge in [-0.05, 0) is 42.0 Å². The lowest BCUT2D eigenvalue weighted by Crippen LogP contribution is -2.40. The van der Waals surface area contributed by atoms with E-state index in [4.69, 9.17) is 9.47 Å². The van der Waals surface area contributed by atoms with Crippen molar-refractivity contribution in [2.75, 3.05) is 33.4 Å². The van der Waals surface area contributed by atoms with Gasteiger partial charge in [0.05, 0.1) is 25.2 Å². The Balaban J connectivity index is 1.40. The minimum atomic E-state index is -3.55. The van der Waals surface area contributed by atoms with Crippen molar-refractivity contribution in [3.05, 3.63) is 72.3 Å². The maximum atomic E-state index is 12.7. The number of imidazole rings is 1. The molecule has 2 heterocycles. The van der Waals surface area contributed by atoms with Crippen molar-refractivity contribution in [1.82, 2.24) is 19.2 Å². The number of hydrogen-bond donors (Lipinski definition) is 1. The van der Waals surface area contributed by atoms with Crippen LogP contribution in [0.5, 0.6) is 5.75 Å². The van der Waals surface area contributed by atoms with Crippen LogP contribution in [0.2, 0.25) is 0 Å². The summed E-state index contributed by atoms with van der Waals surface area (Å²) in [7, 11) is -1.95. The number of rotatable bonds is 7. The largest absolute Gasteiger partial charge is 0.497 e. The van der Waals surface area contributed by atoms with Gasteiger partial charge in [0.2, 0.25) is 10.0 Å². The molecule has 1 amide bonds. The smallest absolute Gasteiger partial charge is 0.271 e. The third kappa shape index (κ3) is 4.82. The third-order valence-corrected chi connectivity index (χ3v) is 7.08. The Labute approximate surface area is 186 Å². The van der Waals surface area contributed by atoms with E-state index in [0.29, 0.717) is 38.5 Å². The van der Waals surface area contributed by atoms with Crippen LogP contribution in [0, 0.1) is 0 Å². The summed E-state index contributed by atoms with van der Waals surface area (Å²) in [6, 6.07) is 13.9. The second-order valence-electron chi connectivity index (χ2n) is 7.21. The normalized spacial score (nSPS) is 14.8. The van der Waals surface area contributed by atoms with E-state index >= 15 is 0 Å². The highest BCUT2D eigenvalue weighted by atomic mass is 32.2. The van der Waals surface area contributed by atoms with Crippen LogP contribution in [0.3, 0.4) is 0 Å². The number of carbonyl (C=O) groups is 1. The zero-order valence-corrected chi connectivity index (χ0v) is 18.4.